The zero-order valence-electron chi connectivity index (χ0n) is 12.5. The second-order valence-electron chi connectivity index (χ2n) is 5.31. The molecule has 0 heterocycles. The Hall–Kier alpha value is -1.35. The van der Waals surface area contributed by atoms with Crippen LogP contribution < -0.4 is 4.74 Å². The number of para-hydroxylation sites is 1. The summed E-state index contributed by atoms with van der Waals surface area (Å²) in [4.78, 5) is 12.9. The van der Waals surface area contributed by atoms with Gasteiger partial charge in [-0.15, -0.1) is 0 Å². The molecule has 0 saturated heterocycles. The maximum absolute atomic E-state index is 12.9. The summed E-state index contributed by atoms with van der Waals surface area (Å²) in [7, 11) is 0. The molecule has 0 atom stereocenters. The first kappa shape index (κ1) is 15.0. The fraction of sp³-hybridized carbons (Fsp3) is 0.588. The molecule has 1 aliphatic rings. The molecular formula is C17H24O3. The number of benzene rings is 1. The minimum absolute atomic E-state index is 0.0866. The molecule has 0 N–H and O–H groups in total. The van der Waals surface area contributed by atoms with E-state index in [1.807, 2.05) is 31.2 Å². The summed E-state index contributed by atoms with van der Waals surface area (Å²) in [5.41, 5.74) is 0.0387. The molecule has 3 nitrogen and oxygen atoms in total. The molecule has 0 aromatic heterocycles. The van der Waals surface area contributed by atoms with Crippen LogP contribution in [0, 0.1) is 0 Å². The first-order valence-corrected chi connectivity index (χ1v) is 7.64. The van der Waals surface area contributed by atoms with Crippen LogP contribution >= 0.6 is 0 Å². The summed E-state index contributed by atoms with van der Waals surface area (Å²) in [5, 5.41) is 0. The van der Waals surface area contributed by atoms with Crippen LogP contribution in [0.2, 0.25) is 0 Å². The van der Waals surface area contributed by atoms with Crippen molar-refractivity contribution < 1.29 is 14.3 Å². The van der Waals surface area contributed by atoms with Crippen LogP contribution in [0.15, 0.2) is 24.3 Å². The monoisotopic (exact) mass is 276 g/mol. The van der Waals surface area contributed by atoms with Crippen molar-refractivity contribution in [1.82, 2.24) is 0 Å². The lowest BCUT2D eigenvalue weighted by Crippen LogP contribution is -2.39. The van der Waals surface area contributed by atoms with E-state index in [1.54, 1.807) is 0 Å². The average molecular weight is 276 g/mol. The highest BCUT2D eigenvalue weighted by atomic mass is 16.5. The van der Waals surface area contributed by atoms with E-state index in [9.17, 15) is 4.79 Å². The van der Waals surface area contributed by atoms with Crippen molar-refractivity contribution in [2.24, 2.45) is 0 Å². The molecule has 0 unspecified atom stereocenters. The summed E-state index contributed by atoms with van der Waals surface area (Å²) >= 11 is 0. The Labute approximate surface area is 121 Å². The molecule has 1 aromatic carbocycles. The number of carbonyl (C=O) groups excluding carboxylic acids is 1. The summed E-state index contributed by atoms with van der Waals surface area (Å²) in [6.45, 7) is 5.21. The maximum atomic E-state index is 12.9. The van der Waals surface area contributed by atoms with Gasteiger partial charge in [0.05, 0.1) is 12.2 Å². The summed E-state index contributed by atoms with van der Waals surface area (Å²) in [5.74, 6) is 0.772. The van der Waals surface area contributed by atoms with Gasteiger partial charge < -0.3 is 9.47 Å². The standard InChI is InChI=1S/C17H24O3/c1-3-13-19-15-10-6-5-9-14(15)16(18)17(20-4-2)11-7-8-12-17/h5-6,9-10H,3-4,7-8,11-13H2,1-2H3. The SMILES string of the molecule is CCCOc1ccccc1C(=O)C1(OCC)CCCC1. The number of hydrogen-bond acceptors (Lipinski definition) is 3. The average Bonchev–Trinajstić information content (AvgIpc) is 2.95. The van der Waals surface area contributed by atoms with Crippen molar-refractivity contribution in [3.05, 3.63) is 29.8 Å². The molecule has 1 aromatic rings. The Balaban J connectivity index is 2.27. The first-order valence-electron chi connectivity index (χ1n) is 7.64. The highest BCUT2D eigenvalue weighted by molar-refractivity contribution is 6.04. The minimum Gasteiger partial charge on any atom is -0.493 e. The van der Waals surface area contributed by atoms with E-state index in [4.69, 9.17) is 9.47 Å². The molecule has 1 aliphatic carbocycles. The summed E-state index contributed by atoms with van der Waals surface area (Å²) in [6.07, 6.45) is 4.69. The van der Waals surface area contributed by atoms with E-state index in [2.05, 4.69) is 6.92 Å². The van der Waals surface area contributed by atoms with E-state index in [-0.39, 0.29) is 5.78 Å². The van der Waals surface area contributed by atoms with Crippen molar-refractivity contribution in [1.29, 1.82) is 0 Å². The van der Waals surface area contributed by atoms with Gasteiger partial charge in [0, 0.05) is 6.61 Å². The third-order valence-corrected chi connectivity index (χ3v) is 3.84. The van der Waals surface area contributed by atoms with Gasteiger partial charge in [0.25, 0.3) is 0 Å². The van der Waals surface area contributed by atoms with Gasteiger partial charge in [-0.2, -0.15) is 0 Å². The molecule has 0 spiro atoms. The van der Waals surface area contributed by atoms with Crippen molar-refractivity contribution in [3.63, 3.8) is 0 Å². The van der Waals surface area contributed by atoms with Gasteiger partial charge in [0.1, 0.15) is 11.4 Å². The van der Waals surface area contributed by atoms with E-state index in [1.165, 1.54) is 0 Å². The van der Waals surface area contributed by atoms with E-state index in [0.717, 1.165) is 32.1 Å². The van der Waals surface area contributed by atoms with Gasteiger partial charge >= 0.3 is 0 Å². The maximum Gasteiger partial charge on any atom is 0.198 e. The van der Waals surface area contributed by atoms with E-state index >= 15 is 0 Å². The Morgan fingerprint density at radius 2 is 1.90 bits per heavy atom. The molecule has 0 aliphatic heterocycles. The topological polar surface area (TPSA) is 35.5 Å². The summed E-state index contributed by atoms with van der Waals surface area (Å²) in [6, 6.07) is 7.52. The second kappa shape index (κ2) is 6.89. The zero-order valence-corrected chi connectivity index (χ0v) is 12.5. The van der Waals surface area contributed by atoms with Gasteiger partial charge in [-0.3, -0.25) is 4.79 Å². The fourth-order valence-corrected chi connectivity index (χ4v) is 2.90. The lowest BCUT2D eigenvalue weighted by atomic mass is 9.90. The smallest absolute Gasteiger partial charge is 0.198 e. The zero-order chi connectivity index (χ0) is 14.4. The van der Waals surface area contributed by atoms with Crippen molar-refractivity contribution >= 4 is 5.78 Å². The van der Waals surface area contributed by atoms with Crippen LogP contribution in [-0.4, -0.2) is 24.6 Å². The number of Topliss-reactive ketones (excluding diaryl/α,β-unsaturated/α-hetero) is 1. The lowest BCUT2D eigenvalue weighted by molar-refractivity contribution is -0.0165. The Morgan fingerprint density at radius 1 is 1.20 bits per heavy atom. The van der Waals surface area contributed by atoms with Crippen LogP contribution in [0.5, 0.6) is 5.75 Å². The Bertz CT molecular complexity index is 447. The van der Waals surface area contributed by atoms with Crippen LogP contribution in [0.3, 0.4) is 0 Å². The molecule has 20 heavy (non-hydrogen) atoms. The van der Waals surface area contributed by atoms with Gasteiger partial charge in [0.2, 0.25) is 0 Å². The Morgan fingerprint density at radius 3 is 2.55 bits per heavy atom. The van der Waals surface area contributed by atoms with Gasteiger partial charge in [-0.1, -0.05) is 19.1 Å². The van der Waals surface area contributed by atoms with Crippen LogP contribution in [0.4, 0.5) is 0 Å². The predicted octanol–water partition coefficient (Wildman–Crippen LogP) is 4.01. The van der Waals surface area contributed by atoms with Crippen LogP contribution in [0.25, 0.3) is 0 Å². The minimum atomic E-state index is -0.625. The number of rotatable bonds is 7. The molecular weight excluding hydrogens is 252 g/mol. The van der Waals surface area contributed by atoms with Gasteiger partial charge in [0.15, 0.2) is 5.78 Å². The lowest BCUT2D eigenvalue weighted by Gasteiger charge is -2.28. The first-order chi connectivity index (χ1) is 9.73. The largest absolute Gasteiger partial charge is 0.493 e. The normalized spacial score (nSPS) is 17.1. The van der Waals surface area contributed by atoms with Crippen LogP contribution in [0.1, 0.15) is 56.3 Å². The van der Waals surface area contributed by atoms with E-state index in [0.29, 0.717) is 24.5 Å². The third kappa shape index (κ3) is 3.04. The van der Waals surface area contributed by atoms with Crippen molar-refractivity contribution in [3.8, 4) is 5.75 Å². The Kier molecular flexibility index (Phi) is 5.18. The van der Waals surface area contributed by atoms with E-state index < -0.39 is 5.60 Å². The number of ketones is 1. The van der Waals surface area contributed by atoms with Gasteiger partial charge in [-0.25, -0.2) is 0 Å². The summed E-state index contributed by atoms with van der Waals surface area (Å²) < 4.78 is 11.6. The predicted molar refractivity (Wildman–Crippen MR) is 79.4 cm³/mol. The molecule has 0 amide bonds. The molecule has 1 saturated carbocycles. The highest BCUT2D eigenvalue weighted by Crippen LogP contribution is 2.38. The number of ether oxygens (including phenoxy) is 2. The molecule has 1 fully saturated rings. The molecule has 2 rings (SSSR count). The van der Waals surface area contributed by atoms with Gasteiger partial charge in [-0.05, 0) is 51.2 Å². The number of carbonyl (C=O) groups is 1. The fourth-order valence-electron chi connectivity index (χ4n) is 2.90. The number of hydrogen-bond donors (Lipinski definition) is 0. The quantitative estimate of drug-likeness (QED) is 0.706. The van der Waals surface area contributed by atoms with Crippen molar-refractivity contribution in [2.45, 2.75) is 51.6 Å². The van der Waals surface area contributed by atoms with Crippen LogP contribution in [-0.2, 0) is 4.74 Å². The van der Waals surface area contributed by atoms with Crippen molar-refractivity contribution in [2.75, 3.05) is 13.2 Å². The molecule has 3 heteroatoms. The molecule has 0 radical (unpaired) electrons. The molecule has 0 bridgehead atoms. The third-order valence-electron chi connectivity index (χ3n) is 3.84. The second-order valence-corrected chi connectivity index (χ2v) is 5.31. The molecule has 110 valence electrons. The highest BCUT2D eigenvalue weighted by Gasteiger charge is 2.43.